The van der Waals surface area contributed by atoms with Gasteiger partial charge in [-0.1, -0.05) is 71.3 Å². The molecule has 2 aliphatic heterocycles. The number of anilines is 2. The number of halogens is 2. The van der Waals surface area contributed by atoms with Crippen LogP contribution in [-0.2, 0) is 19.2 Å². The van der Waals surface area contributed by atoms with Crippen molar-refractivity contribution < 1.29 is 19.2 Å². The number of fused-ring (bicyclic) bond motifs is 1. The minimum Gasteiger partial charge on any atom is -0.274 e. The fourth-order valence-corrected chi connectivity index (χ4v) is 8.46. The van der Waals surface area contributed by atoms with Crippen LogP contribution in [0.3, 0.4) is 0 Å². The van der Waals surface area contributed by atoms with Crippen LogP contribution >= 0.6 is 23.2 Å². The first-order valence-electron chi connectivity index (χ1n) is 14.1. The van der Waals surface area contributed by atoms with E-state index in [-0.39, 0.29) is 35.5 Å². The topological polar surface area (TPSA) is 74.8 Å². The summed E-state index contributed by atoms with van der Waals surface area (Å²) in [4.78, 5) is 58.9. The highest BCUT2D eigenvalue weighted by Gasteiger charge is 2.67. The van der Waals surface area contributed by atoms with Gasteiger partial charge in [-0.3, -0.25) is 29.0 Å². The van der Waals surface area contributed by atoms with E-state index < -0.39 is 29.6 Å². The van der Waals surface area contributed by atoms with Crippen molar-refractivity contribution in [2.75, 3.05) is 9.80 Å². The first kappa shape index (κ1) is 25.7. The quantitative estimate of drug-likeness (QED) is 0.267. The van der Waals surface area contributed by atoms with Gasteiger partial charge in [-0.2, -0.15) is 0 Å². The van der Waals surface area contributed by atoms with Gasteiger partial charge >= 0.3 is 0 Å². The smallest absolute Gasteiger partial charge is 0.238 e. The lowest BCUT2D eigenvalue weighted by Gasteiger charge is -2.51. The number of carbonyl (C=O) groups is 4. The van der Waals surface area contributed by atoms with Crippen LogP contribution in [-0.4, -0.2) is 23.6 Å². The minimum absolute atomic E-state index is 0.233. The van der Waals surface area contributed by atoms with Gasteiger partial charge in [0.25, 0.3) is 0 Å². The van der Waals surface area contributed by atoms with Crippen molar-refractivity contribution in [3.63, 3.8) is 0 Å². The van der Waals surface area contributed by atoms with Crippen molar-refractivity contribution in [3.05, 3.63) is 112 Å². The first-order valence-corrected chi connectivity index (χ1v) is 14.8. The Balaban J connectivity index is 1.28. The summed E-state index contributed by atoms with van der Waals surface area (Å²) in [5.41, 5.74) is 3.98. The van der Waals surface area contributed by atoms with Gasteiger partial charge in [0, 0.05) is 21.9 Å². The van der Waals surface area contributed by atoms with Crippen molar-refractivity contribution in [2.45, 2.75) is 6.42 Å². The fraction of sp³-hybridized carbons (Fsp3) is 0.235. The summed E-state index contributed by atoms with van der Waals surface area (Å²) in [7, 11) is 0. The second-order valence-corrected chi connectivity index (χ2v) is 12.6. The summed E-state index contributed by atoms with van der Waals surface area (Å²) < 4.78 is 0. The maximum absolute atomic E-state index is 14.2. The van der Waals surface area contributed by atoms with Gasteiger partial charge in [-0.15, -0.1) is 0 Å². The van der Waals surface area contributed by atoms with Crippen LogP contribution in [0.15, 0.2) is 96.6 Å². The Labute approximate surface area is 252 Å². The Morgan fingerprint density at radius 2 is 1.12 bits per heavy atom. The maximum atomic E-state index is 14.2. The van der Waals surface area contributed by atoms with Crippen LogP contribution in [0.25, 0.3) is 5.57 Å². The monoisotopic (exact) mass is 594 g/mol. The summed E-state index contributed by atoms with van der Waals surface area (Å²) in [5.74, 6) is -4.47. The number of amides is 4. The third-order valence-corrected chi connectivity index (χ3v) is 10.3. The van der Waals surface area contributed by atoms with Crippen LogP contribution in [0.5, 0.6) is 0 Å². The summed E-state index contributed by atoms with van der Waals surface area (Å²) in [6, 6.07) is 23.3. The van der Waals surface area contributed by atoms with E-state index in [1.807, 2.05) is 36.4 Å². The van der Waals surface area contributed by atoms with Crippen LogP contribution < -0.4 is 9.80 Å². The highest BCUT2D eigenvalue weighted by Crippen LogP contribution is 2.63. The van der Waals surface area contributed by atoms with Gasteiger partial charge in [0.15, 0.2) is 0 Å². The van der Waals surface area contributed by atoms with Crippen LogP contribution in [0, 0.1) is 41.4 Å². The van der Waals surface area contributed by atoms with E-state index >= 15 is 0 Å². The second kappa shape index (κ2) is 9.25. The van der Waals surface area contributed by atoms with Crippen molar-refractivity contribution >= 4 is 63.8 Å². The highest BCUT2D eigenvalue weighted by molar-refractivity contribution is 6.31. The number of hydrogen-bond acceptors (Lipinski definition) is 4. The van der Waals surface area contributed by atoms with Crippen molar-refractivity contribution in [1.29, 1.82) is 0 Å². The third kappa shape index (κ3) is 3.45. The Hall–Kier alpha value is -4.00. The Morgan fingerprint density at radius 1 is 0.571 bits per heavy atom. The van der Waals surface area contributed by atoms with Crippen LogP contribution in [0.4, 0.5) is 11.4 Å². The van der Waals surface area contributed by atoms with Crippen molar-refractivity contribution in [2.24, 2.45) is 41.4 Å². The molecule has 4 amide bonds. The van der Waals surface area contributed by atoms with Gasteiger partial charge in [0.1, 0.15) is 0 Å². The molecule has 7 atom stereocenters. The zero-order chi connectivity index (χ0) is 28.9. The number of carbonyl (C=O) groups excluding carboxylic acids is 4. The van der Waals surface area contributed by atoms with E-state index in [2.05, 4.69) is 6.08 Å². The predicted octanol–water partition coefficient (Wildman–Crippen LogP) is 6.19. The Bertz CT molecular complexity index is 1750. The number of allylic oxidation sites excluding steroid dienone is 4. The molecule has 0 unspecified atom stereocenters. The van der Waals surface area contributed by atoms with Gasteiger partial charge in [0.2, 0.25) is 23.6 Å². The number of benzene rings is 3. The Kier molecular flexibility index (Phi) is 5.66. The molecule has 0 N–H and O–H groups in total. The lowest BCUT2D eigenvalue weighted by molar-refractivity contribution is -0.129. The molecule has 2 saturated heterocycles. The number of rotatable bonds is 3. The minimum atomic E-state index is -0.624. The van der Waals surface area contributed by atoms with E-state index in [1.165, 1.54) is 9.80 Å². The standard InChI is InChI=1S/C34H24Cl2N2O4/c35-18-6-10-20(11-7-18)37-31(39)25-16-24(17-4-2-1-3-5-17)26-22-14-15-23(27(26)30(25)34(37)42)29-28(22)32(40)38(33(29)41)21-12-8-19(36)9-13-21/h1-15,22-23,25,27-30H,16H2/t22-,23-,25-,27+,28-,29+,30-/m1/s1. The summed E-state index contributed by atoms with van der Waals surface area (Å²) >= 11 is 12.2. The average Bonchev–Trinajstić information content (AvgIpc) is 3.43. The molecule has 42 heavy (non-hydrogen) atoms. The molecule has 0 radical (unpaired) electrons. The van der Waals surface area contributed by atoms with E-state index in [0.29, 0.717) is 27.8 Å². The molecule has 4 aliphatic carbocycles. The molecule has 3 aromatic rings. The van der Waals surface area contributed by atoms with Crippen molar-refractivity contribution in [3.8, 4) is 0 Å². The number of nitrogens with zero attached hydrogens (tertiary/aromatic N) is 2. The zero-order valence-electron chi connectivity index (χ0n) is 22.2. The number of imide groups is 2. The molecule has 1 saturated carbocycles. The van der Waals surface area contributed by atoms with Gasteiger partial charge in [0.05, 0.1) is 35.0 Å². The molecule has 2 heterocycles. The molecule has 6 aliphatic rings. The molecule has 6 nitrogen and oxygen atoms in total. The molecule has 8 heteroatoms. The predicted molar refractivity (Wildman–Crippen MR) is 159 cm³/mol. The highest BCUT2D eigenvalue weighted by atomic mass is 35.5. The maximum Gasteiger partial charge on any atom is 0.238 e. The van der Waals surface area contributed by atoms with Gasteiger partial charge in [-0.25, -0.2) is 0 Å². The van der Waals surface area contributed by atoms with Crippen molar-refractivity contribution in [1.82, 2.24) is 0 Å². The molecular weight excluding hydrogens is 571 g/mol. The second-order valence-electron chi connectivity index (χ2n) is 11.7. The summed E-state index contributed by atoms with van der Waals surface area (Å²) in [6.07, 6.45) is 4.46. The molecule has 9 rings (SSSR count). The van der Waals surface area contributed by atoms with E-state index in [0.717, 1.165) is 16.7 Å². The van der Waals surface area contributed by atoms with Gasteiger partial charge < -0.3 is 0 Å². The SMILES string of the molecule is O=C1[C@H]2[C@@H]3C=C[C@H](C4=C(c5ccccc5)C[C@H]5C(=O)N(c6ccc(Cl)cc6)C(=O)[C@H]5[C@H]43)[C@H]2C(=O)N1c1ccc(Cl)cc1. The van der Waals surface area contributed by atoms with E-state index in [4.69, 9.17) is 23.2 Å². The normalized spacial score (nSPS) is 31.1. The lowest BCUT2D eigenvalue weighted by atomic mass is 9.49. The average molecular weight is 595 g/mol. The van der Waals surface area contributed by atoms with Gasteiger partial charge in [-0.05, 0) is 72.0 Å². The lowest BCUT2D eigenvalue weighted by Crippen LogP contribution is -2.51. The number of hydrogen-bond donors (Lipinski definition) is 0. The van der Waals surface area contributed by atoms with Crippen LogP contribution in [0.1, 0.15) is 12.0 Å². The third-order valence-electron chi connectivity index (χ3n) is 9.80. The molecule has 0 aromatic heterocycles. The molecule has 3 aromatic carbocycles. The first-order chi connectivity index (χ1) is 20.3. The Morgan fingerprint density at radius 3 is 1.74 bits per heavy atom. The molecule has 0 spiro atoms. The molecule has 2 bridgehead atoms. The summed E-state index contributed by atoms with van der Waals surface area (Å²) in [5, 5.41) is 1.03. The molecule has 208 valence electrons. The van der Waals surface area contributed by atoms with E-state index in [1.54, 1.807) is 48.5 Å². The van der Waals surface area contributed by atoms with E-state index in [9.17, 15) is 19.2 Å². The molecule has 3 fully saturated rings. The fourth-order valence-electron chi connectivity index (χ4n) is 8.21. The van der Waals surface area contributed by atoms with Crippen LogP contribution in [0.2, 0.25) is 10.0 Å². The summed E-state index contributed by atoms with van der Waals surface area (Å²) in [6.45, 7) is 0. The molecular formula is C34H24Cl2N2O4. The zero-order valence-corrected chi connectivity index (χ0v) is 23.7. The largest absolute Gasteiger partial charge is 0.274 e.